The average molecular weight is 254 g/mol. The average Bonchev–Trinajstić information content (AvgIpc) is 2.81. The first kappa shape index (κ1) is 13.7. The fourth-order valence-corrected chi connectivity index (χ4v) is 3.12. The van der Waals surface area contributed by atoms with Crippen LogP contribution in [0.5, 0.6) is 0 Å². The summed E-state index contributed by atoms with van der Waals surface area (Å²) in [6, 6.07) is -0.130. The Morgan fingerprint density at radius 2 is 1.67 bits per heavy atom. The Balaban J connectivity index is 1.67. The van der Waals surface area contributed by atoms with E-state index in [1.165, 1.54) is 25.7 Å². The molecule has 2 rings (SSSR count). The molecule has 0 spiro atoms. The minimum absolute atomic E-state index is 0.130. The predicted octanol–water partition coefficient (Wildman–Crippen LogP) is 2.17. The molecule has 4 nitrogen and oxygen atoms in total. The van der Waals surface area contributed by atoms with Gasteiger partial charge in [-0.1, -0.05) is 19.8 Å². The molecule has 18 heavy (non-hydrogen) atoms. The topological polar surface area (TPSA) is 61.4 Å². The van der Waals surface area contributed by atoms with Crippen molar-refractivity contribution in [3.05, 3.63) is 0 Å². The van der Waals surface area contributed by atoms with Crippen molar-refractivity contribution in [1.29, 1.82) is 0 Å². The highest BCUT2D eigenvalue weighted by Gasteiger charge is 2.35. The van der Waals surface area contributed by atoms with E-state index in [9.17, 15) is 9.90 Å². The van der Waals surface area contributed by atoms with Crippen LogP contribution < -0.4 is 10.6 Å². The molecule has 3 N–H and O–H groups in total. The molecule has 0 saturated heterocycles. The summed E-state index contributed by atoms with van der Waals surface area (Å²) in [4.78, 5) is 11.7. The van der Waals surface area contributed by atoms with Crippen LogP contribution in [-0.2, 0) is 0 Å². The van der Waals surface area contributed by atoms with Crippen molar-refractivity contribution in [3.63, 3.8) is 0 Å². The molecule has 4 heteroatoms. The third kappa shape index (κ3) is 3.16. The van der Waals surface area contributed by atoms with E-state index in [-0.39, 0.29) is 6.03 Å². The van der Waals surface area contributed by atoms with Crippen molar-refractivity contribution in [1.82, 2.24) is 10.6 Å². The van der Waals surface area contributed by atoms with E-state index in [0.717, 1.165) is 32.2 Å². The summed E-state index contributed by atoms with van der Waals surface area (Å²) in [6.45, 7) is 3.37. The largest absolute Gasteiger partial charge is 0.388 e. The Bertz CT molecular complexity index is 294. The number of hydrogen-bond donors (Lipinski definition) is 3. The number of amides is 2. The Morgan fingerprint density at radius 1 is 1.06 bits per heavy atom. The number of rotatable bonds is 5. The van der Waals surface area contributed by atoms with E-state index >= 15 is 0 Å². The zero-order chi connectivity index (χ0) is 13.1. The highest BCUT2D eigenvalue weighted by molar-refractivity contribution is 5.73. The van der Waals surface area contributed by atoms with Gasteiger partial charge in [0.25, 0.3) is 0 Å². The van der Waals surface area contributed by atoms with Gasteiger partial charge in [0.05, 0.1) is 5.60 Å². The summed E-state index contributed by atoms with van der Waals surface area (Å²) in [6.07, 6.45) is 8.86. The van der Waals surface area contributed by atoms with Gasteiger partial charge in [-0.05, 0) is 43.9 Å². The second-order valence-electron chi connectivity index (χ2n) is 6.17. The van der Waals surface area contributed by atoms with Crippen molar-refractivity contribution >= 4 is 6.03 Å². The normalized spacial score (nSPS) is 24.3. The number of nitrogens with one attached hydrogen (secondary N) is 2. The third-order valence-electron chi connectivity index (χ3n) is 4.90. The van der Waals surface area contributed by atoms with Crippen LogP contribution >= 0.6 is 0 Å². The molecular formula is C14H26N2O2. The van der Waals surface area contributed by atoms with Crippen molar-refractivity contribution in [2.24, 2.45) is 5.41 Å². The van der Waals surface area contributed by atoms with Gasteiger partial charge in [0, 0.05) is 13.1 Å². The summed E-state index contributed by atoms with van der Waals surface area (Å²) in [5, 5.41) is 15.7. The van der Waals surface area contributed by atoms with E-state index in [0.29, 0.717) is 12.0 Å². The smallest absolute Gasteiger partial charge is 0.314 e. The molecule has 0 aromatic carbocycles. The highest BCUT2D eigenvalue weighted by Crippen LogP contribution is 2.40. The quantitative estimate of drug-likeness (QED) is 0.704. The number of carbonyl (C=O) groups excluding carboxylic acids is 1. The first-order valence-corrected chi connectivity index (χ1v) is 7.32. The maximum Gasteiger partial charge on any atom is 0.314 e. The molecule has 0 unspecified atom stereocenters. The van der Waals surface area contributed by atoms with Crippen LogP contribution in [-0.4, -0.2) is 29.8 Å². The minimum Gasteiger partial charge on any atom is -0.388 e. The van der Waals surface area contributed by atoms with Gasteiger partial charge in [0.2, 0.25) is 0 Å². The molecule has 0 aromatic rings. The lowest BCUT2D eigenvalue weighted by Gasteiger charge is -2.36. The van der Waals surface area contributed by atoms with E-state index in [4.69, 9.17) is 0 Å². The maximum absolute atomic E-state index is 11.7. The van der Waals surface area contributed by atoms with Crippen LogP contribution in [0.3, 0.4) is 0 Å². The van der Waals surface area contributed by atoms with Gasteiger partial charge in [-0.2, -0.15) is 0 Å². The van der Waals surface area contributed by atoms with Crippen LogP contribution in [0.15, 0.2) is 0 Å². The lowest BCUT2D eigenvalue weighted by atomic mass is 9.80. The second kappa shape index (κ2) is 5.47. The van der Waals surface area contributed by atoms with Crippen LogP contribution in [0, 0.1) is 5.41 Å². The van der Waals surface area contributed by atoms with Crippen molar-refractivity contribution in [3.8, 4) is 0 Å². The molecular weight excluding hydrogens is 228 g/mol. The Morgan fingerprint density at radius 3 is 2.17 bits per heavy atom. The fraction of sp³-hybridized carbons (Fsp3) is 0.929. The zero-order valence-corrected chi connectivity index (χ0v) is 11.4. The molecule has 2 amide bonds. The van der Waals surface area contributed by atoms with Crippen LogP contribution in [0.25, 0.3) is 0 Å². The summed E-state index contributed by atoms with van der Waals surface area (Å²) >= 11 is 0. The summed E-state index contributed by atoms with van der Waals surface area (Å²) in [7, 11) is 0. The van der Waals surface area contributed by atoms with Crippen LogP contribution in [0.4, 0.5) is 4.79 Å². The molecule has 0 heterocycles. The molecule has 0 bridgehead atoms. The summed E-state index contributed by atoms with van der Waals surface area (Å²) < 4.78 is 0. The van der Waals surface area contributed by atoms with E-state index < -0.39 is 5.60 Å². The van der Waals surface area contributed by atoms with Gasteiger partial charge in [-0.15, -0.1) is 0 Å². The van der Waals surface area contributed by atoms with Gasteiger partial charge in [-0.3, -0.25) is 0 Å². The predicted molar refractivity (Wildman–Crippen MR) is 71.4 cm³/mol. The lowest BCUT2D eigenvalue weighted by molar-refractivity contribution is -0.0290. The maximum atomic E-state index is 11.7. The number of aliphatic hydroxyl groups is 1. The molecule has 2 fully saturated rings. The minimum atomic E-state index is -0.632. The lowest BCUT2D eigenvalue weighted by Crippen LogP contribution is -2.51. The molecule has 0 radical (unpaired) electrons. The molecule has 0 aromatic heterocycles. The highest BCUT2D eigenvalue weighted by atomic mass is 16.3. The SMILES string of the molecule is CCC1(CNC(=O)NCC2(O)CCC2)CCCC1. The molecule has 2 aliphatic carbocycles. The van der Waals surface area contributed by atoms with Crippen molar-refractivity contribution < 1.29 is 9.90 Å². The van der Waals surface area contributed by atoms with Gasteiger partial charge < -0.3 is 15.7 Å². The number of carbonyl (C=O) groups is 1. The van der Waals surface area contributed by atoms with Gasteiger partial charge >= 0.3 is 6.03 Å². The van der Waals surface area contributed by atoms with Crippen molar-refractivity contribution in [2.45, 2.75) is 63.9 Å². The zero-order valence-electron chi connectivity index (χ0n) is 11.4. The Kier molecular flexibility index (Phi) is 4.15. The molecule has 2 saturated carbocycles. The fourth-order valence-electron chi connectivity index (χ4n) is 3.12. The summed E-state index contributed by atoms with van der Waals surface area (Å²) in [5.41, 5.74) is -0.308. The molecule has 0 atom stereocenters. The van der Waals surface area contributed by atoms with Crippen LogP contribution in [0.2, 0.25) is 0 Å². The van der Waals surface area contributed by atoms with E-state index in [1.54, 1.807) is 0 Å². The van der Waals surface area contributed by atoms with Gasteiger partial charge in [0.1, 0.15) is 0 Å². The first-order valence-electron chi connectivity index (χ1n) is 7.32. The van der Waals surface area contributed by atoms with E-state index in [2.05, 4.69) is 17.6 Å². The molecule has 2 aliphatic rings. The van der Waals surface area contributed by atoms with Crippen molar-refractivity contribution in [2.75, 3.05) is 13.1 Å². The summed E-state index contributed by atoms with van der Waals surface area (Å²) in [5.74, 6) is 0. The number of urea groups is 1. The second-order valence-corrected chi connectivity index (χ2v) is 6.17. The van der Waals surface area contributed by atoms with E-state index in [1.807, 2.05) is 0 Å². The standard InChI is InChI=1S/C14H26N2O2/c1-2-13(6-3-4-7-13)10-15-12(17)16-11-14(18)8-5-9-14/h18H,2-11H2,1H3,(H2,15,16,17). The molecule has 104 valence electrons. The first-order chi connectivity index (χ1) is 8.58. The molecule has 0 aliphatic heterocycles. The Labute approximate surface area is 110 Å². The van der Waals surface area contributed by atoms with Gasteiger partial charge in [0.15, 0.2) is 0 Å². The monoisotopic (exact) mass is 254 g/mol. The van der Waals surface area contributed by atoms with Gasteiger partial charge in [-0.25, -0.2) is 4.79 Å². The number of hydrogen-bond acceptors (Lipinski definition) is 2. The van der Waals surface area contributed by atoms with Crippen LogP contribution in [0.1, 0.15) is 58.3 Å². The Hall–Kier alpha value is -0.770. The third-order valence-corrected chi connectivity index (χ3v) is 4.90.